The molecule has 1 amide bonds. The van der Waals surface area contributed by atoms with E-state index in [1.807, 2.05) is 12.3 Å². The van der Waals surface area contributed by atoms with Gasteiger partial charge >= 0.3 is 0 Å². The molecule has 3 aromatic rings. The number of hydrogen-bond donors (Lipinski definition) is 2. The van der Waals surface area contributed by atoms with E-state index >= 15 is 0 Å². The Kier molecular flexibility index (Phi) is 6.85. The fraction of sp³-hybridized carbons (Fsp3) is 0.158. The van der Waals surface area contributed by atoms with Gasteiger partial charge < -0.3 is 10.1 Å². The van der Waals surface area contributed by atoms with E-state index in [1.54, 1.807) is 24.4 Å². The molecule has 0 saturated heterocycles. The summed E-state index contributed by atoms with van der Waals surface area (Å²) >= 11 is 2.72. The number of amides is 1. The van der Waals surface area contributed by atoms with Gasteiger partial charge in [-0.05, 0) is 36.6 Å². The number of pyridine rings is 1. The van der Waals surface area contributed by atoms with Gasteiger partial charge in [0, 0.05) is 16.5 Å². The molecule has 0 atom stereocenters. The first-order chi connectivity index (χ1) is 13.6. The molecule has 3 rings (SSSR count). The molecule has 0 saturated carbocycles. The molecule has 0 aliphatic carbocycles. The normalized spacial score (nSPS) is 10.6. The second kappa shape index (κ2) is 9.54. The number of nitrogens with one attached hydrogen (secondary N) is 2. The minimum absolute atomic E-state index is 0.158. The summed E-state index contributed by atoms with van der Waals surface area (Å²) in [7, 11) is 0. The molecule has 2 heterocycles. The largest absolute Gasteiger partial charge is 0.499 e. The highest BCUT2D eigenvalue weighted by atomic mass is 32.2. The Hall–Kier alpha value is -2.62. The number of benzene rings is 1. The number of fused-ring (bicyclic) bond motifs is 1. The van der Waals surface area contributed by atoms with Crippen molar-refractivity contribution >= 4 is 49.9 Å². The SMILES string of the molecule is C=COCCONC(=O)c1c(Nc2ccc(SC)cc2F)sc2ncccc12. The smallest absolute Gasteiger partial charge is 0.278 e. The minimum Gasteiger partial charge on any atom is -0.499 e. The summed E-state index contributed by atoms with van der Waals surface area (Å²) in [5.41, 5.74) is 3.00. The standard InChI is InChI=1S/C19H18FN3O3S2/c1-3-25-9-10-26-23-17(24)16-13-5-4-8-21-18(13)28-19(16)22-15-7-6-12(27-2)11-14(15)20/h3-8,11,22H,1,9-10H2,2H3,(H,23,24). The van der Waals surface area contributed by atoms with Gasteiger partial charge in [0.1, 0.15) is 28.9 Å². The third kappa shape index (κ3) is 4.61. The van der Waals surface area contributed by atoms with Gasteiger partial charge in [0.25, 0.3) is 5.91 Å². The molecule has 0 aliphatic rings. The maximum atomic E-state index is 14.4. The van der Waals surface area contributed by atoms with Crippen molar-refractivity contribution in [3.8, 4) is 0 Å². The molecular formula is C19H18FN3O3S2. The highest BCUT2D eigenvalue weighted by Crippen LogP contribution is 2.37. The Morgan fingerprint density at radius 3 is 3.00 bits per heavy atom. The van der Waals surface area contributed by atoms with Crippen molar-refractivity contribution in [3.63, 3.8) is 0 Å². The third-order valence-corrected chi connectivity index (χ3v) is 5.46. The molecule has 0 bridgehead atoms. The van der Waals surface area contributed by atoms with Crippen molar-refractivity contribution in [1.29, 1.82) is 0 Å². The lowest BCUT2D eigenvalue weighted by molar-refractivity contribution is 0.0146. The van der Waals surface area contributed by atoms with Crippen molar-refractivity contribution in [2.75, 3.05) is 24.8 Å². The summed E-state index contributed by atoms with van der Waals surface area (Å²) in [6.45, 7) is 3.84. The molecule has 0 aliphatic heterocycles. The summed E-state index contributed by atoms with van der Waals surface area (Å²) in [5.74, 6) is -0.858. The second-order valence-electron chi connectivity index (χ2n) is 5.45. The number of carbonyl (C=O) groups excluding carboxylic acids is 1. The summed E-state index contributed by atoms with van der Waals surface area (Å²) < 4.78 is 19.3. The number of halogens is 1. The molecule has 0 fully saturated rings. The average Bonchev–Trinajstić information content (AvgIpc) is 3.07. The number of thioether (sulfide) groups is 1. The van der Waals surface area contributed by atoms with Crippen LogP contribution in [0.3, 0.4) is 0 Å². The number of rotatable bonds is 9. The summed E-state index contributed by atoms with van der Waals surface area (Å²) in [6.07, 6.45) is 4.81. The van der Waals surface area contributed by atoms with Crippen molar-refractivity contribution in [3.05, 3.63) is 60.8 Å². The van der Waals surface area contributed by atoms with Crippen LogP contribution >= 0.6 is 23.1 Å². The van der Waals surface area contributed by atoms with E-state index in [1.165, 1.54) is 35.4 Å². The van der Waals surface area contributed by atoms with E-state index in [0.29, 0.717) is 20.8 Å². The molecule has 2 aromatic heterocycles. The van der Waals surface area contributed by atoms with E-state index in [4.69, 9.17) is 9.57 Å². The number of nitrogens with zero attached hydrogens (tertiary/aromatic N) is 1. The van der Waals surface area contributed by atoms with Gasteiger partial charge in [-0.1, -0.05) is 17.9 Å². The minimum atomic E-state index is -0.457. The average molecular weight is 420 g/mol. The molecular weight excluding hydrogens is 401 g/mol. The predicted octanol–water partition coefficient (Wildman–Crippen LogP) is 4.72. The van der Waals surface area contributed by atoms with Gasteiger partial charge in [-0.15, -0.1) is 11.8 Å². The molecule has 9 heteroatoms. The van der Waals surface area contributed by atoms with Crippen molar-refractivity contribution in [2.45, 2.75) is 4.90 Å². The van der Waals surface area contributed by atoms with E-state index in [2.05, 4.69) is 22.4 Å². The zero-order chi connectivity index (χ0) is 19.9. The Morgan fingerprint density at radius 1 is 1.39 bits per heavy atom. The first kappa shape index (κ1) is 20.1. The fourth-order valence-electron chi connectivity index (χ4n) is 2.43. The van der Waals surface area contributed by atoms with Crippen LogP contribution in [0.5, 0.6) is 0 Å². The summed E-state index contributed by atoms with van der Waals surface area (Å²) in [6, 6.07) is 8.42. The van der Waals surface area contributed by atoms with Gasteiger partial charge in [-0.2, -0.15) is 0 Å². The van der Waals surface area contributed by atoms with E-state index in [0.717, 1.165) is 4.90 Å². The van der Waals surface area contributed by atoms with Crippen LogP contribution in [-0.4, -0.2) is 30.4 Å². The molecule has 0 radical (unpaired) electrons. The summed E-state index contributed by atoms with van der Waals surface area (Å²) in [5, 5.41) is 4.15. The van der Waals surface area contributed by atoms with Crippen LogP contribution in [0.15, 0.2) is 54.3 Å². The van der Waals surface area contributed by atoms with Crippen LogP contribution in [0.1, 0.15) is 10.4 Å². The quantitative estimate of drug-likeness (QED) is 0.226. The van der Waals surface area contributed by atoms with Crippen LogP contribution in [-0.2, 0) is 9.57 Å². The molecule has 28 heavy (non-hydrogen) atoms. The highest BCUT2D eigenvalue weighted by molar-refractivity contribution is 7.98. The molecule has 1 aromatic carbocycles. The van der Waals surface area contributed by atoms with Gasteiger partial charge in [0.15, 0.2) is 0 Å². The van der Waals surface area contributed by atoms with Crippen molar-refractivity contribution < 1.29 is 18.8 Å². The molecule has 6 nitrogen and oxygen atoms in total. The lowest BCUT2D eigenvalue weighted by atomic mass is 10.2. The topological polar surface area (TPSA) is 72.5 Å². The number of ether oxygens (including phenoxy) is 1. The van der Waals surface area contributed by atoms with Gasteiger partial charge in [0.05, 0.1) is 17.5 Å². The van der Waals surface area contributed by atoms with Crippen LogP contribution < -0.4 is 10.8 Å². The lowest BCUT2D eigenvalue weighted by Gasteiger charge is -2.10. The van der Waals surface area contributed by atoms with Crippen LogP contribution in [0.2, 0.25) is 0 Å². The zero-order valence-electron chi connectivity index (χ0n) is 15.0. The molecule has 2 N–H and O–H groups in total. The maximum Gasteiger partial charge on any atom is 0.278 e. The Bertz CT molecular complexity index is 994. The maximum absolute atomic E-state index is 14.4. The first-order valence-corrected chi connectivity index (χ1v) is 10.3. The second-order valence-corrected chi connectivity index (χ2v) is 7.33. The van der Waals surface area contributed by atoms with Gasteiger partial charge in [0.2, 0.25) is 0 Å². The number of carbonyl (C=O) groups is 1. The van der Waals surface area contributed by atoms with Crippen LogP contribution in [0, 0.1) is 5.82 Å². The van der Waals surface area contributed by atoms with E-state index in [9.17, 15) is 9.18 Å². The number of anilines is 2. The van der Waals surface area contributed by atoms with Gasteiger partial charge in [-0.25, -0.2) is 14.9 Å². The van der Waals surface area contributed by atoms with Crippen LogP contribution in [0.25, 0.3) is 10.2 Å². The van der Waals surface area contributed by atoms with Gasteiger partial charge in [-0.3, -0.25) is 9.63 Å². The Morgan fingerprint density at radius 2 is 2.25 bits per heavy atom. The van der Waals surface area contributed by atoms with Crippen molar-refractivity contribution in [1.82, 2.24) is 10.5 Å². The first-order valence-electron chi connectivity index (χ1n) is 8.26. The van der Waals surface area contributed by atoms with E-state index < -0.39 is 11.7 Å². The fourth-order valence-corrected chi connectivity index (χ4v) is 3.91. The molecule has 0 spiro atoms. The molecule has 146 valence electrons. The van der Waals surface area contributed by atoms with Crippen molar-refractivity contribution in [2.24, 2.45) is 0 Å². The lowest BCUT2D eigenvalue weighted by Crippen LogP contribution is -2.25. The van der Waals surface area contributed by atoms with E-state index in [-0.39, 0.29) is 18.9 Å². The number of thiophene rings is 1. The highest BCUT2D eigenvalue weighted by Gasteiger charge is 2.21. The van der Waals surface area contributed by atoms with Crippen LogP contribution in [0.4, 0.5) is 15.1 Å². The molecule has 0 unspecified atom stereocenters. The summed E-state index contributed by atoms with van der Waals surface area (Å²) in [4.78, 5) is 23.6. The number of hydroxylamine groups is 1. The Labute approximate surface area is 169 Å². The number of hydrogen-bond acceptors (Lipinski definition) is 7. The Balaban J connectivity index is 1.86. The zero-order valence-corrected chi connectivity index (χ0v) is 16.7. The monoisotopic (exact) mass is 419 g/mol. The predicted molar refractivity (Wildman–Crippen MR) is 111 cm³/mol. The number of aromatic nitrogens is 1. The third-order valence-electron chi connectivity index (χ3n) is 3.70.